The molecular weight excluding hydrogens is 254 g/mol. The Kier molecular flexibility index (Phi) is 5.01. The molecule has 4 nitrogen and oxygen atoms in total. The van der Waals surface area contributed by atoms with Gasteiger partial charge < -0.3 is 14.4 Å². The predicted octanol–water partition coefficient (Wildman–Crippen LogP) is 2.32. The Balaban J connectivity index is 2.07. The summed E-state index contributed by atoms with van der Waals surface area (Å²) in [5, 5.41) is 0. The van der Waals surface area contributed by atoms with Gasteiger partial charge in [-0.2, -0.15) is 0 Å². The number of aryl methyl sites for hydroxylation is 2. The minimum absolute atomic E-state index is 0.0664. The molecule has 1 saturated heterocycles. The molecule has 0 aliphatic carbocycles. The Hall–Kier alpha value is -1.55. The van der Waals surface area contributed by atoms with E-state index in [0.717, 1.165) is 16.9 Å². The number of ether oxygens (including phenoxy) is 2. The fourth-order valence-electron chi connectivity index (χ4n) is 2.28. The summed E-state index contributed by atoms with van der Waals surface area (Å²) in [4.78, 5) is 14.3. The standard InChI is InChI=1S/C16H23NO3/c1-4-14(16(18)17-7-9-19-10-8-17)20-15-11-12(2)5-6-13(15)3/h5-6,11,14H,4,7-10H2,1-3H3/t14-/m1/s1. The zero-order valence-corrected chi connectivity index (χ0v) is 12.5. The van der Waals surface area contributed by atoms with Crippen LogP contribution in [0.5, 0.6) is 5.75 Å². The van der Waals surface area contributed by atoms with Gasteiger partial charge in [-0.25, -0.2) is 0 Å². The molecular formula is C16H23NO3. The molecule has 1 amide bonds. The van der Waals surface area contributed by atoms with E-state index in [-0.39, 0.29) is 5.91 Å². The maximum Gasteiger partial charge on any atom is 0.263 e. The van der Waals surface area contributed by atoms with Crippen LogP contribution in [0.2, 0.25) is 0 Å². The number of amides is 1. The molecule has 1 aromatic rings. The van der Waals surface area contributed by atoms with Crippen LogP contribution in [-0.4, -0.2) is 43.2 Å². The van der Waals surface area contributed by atoms with Crippen LogP contribution in [0.1, 0.15) is 24.5 Å². The number of hydrogen-bond acceptors (Lipinski definition) is 3. The average molecular weight is 277 g/mol. The second-order valence-electron chi connectivity index (χ2n) is 5.22. The van der Waals surface area contributed by atoms with Gasteiger partial charge in [-0.3, -0.25) is 4.79 Å². The summed E-state index contributed by atoms with van der Waals surface area (Å²) in [6, 6.07) is 6.06. The minimum atomic E-state index is -0.409. The highest BCUT2D eigenvalue weighted by Gasteiger charge is 2.26. The molecule has 2 rings (SSSR count). The van der Waals surface area contributed by atoms with Gasteiger partial charge in [0.05, 0.1) is 13.2 Å². The van der Waals surface area contributed by atoms with E-state index in [2.05, 4.69) is 0 Å². The molecule has 110 valence electrons. The van der Waals surface area contributed by atoms with Crippen molar-refractivity contribution >= 4 is 5.91 Å². The monoisotopic (exact) mass is 277 g/mol. The van der Waals surface area contributed by atoms with E-state index in [9.17, 15) is 4.79 Å². The van der Waals surface area contributed by atoms with Gasteiger partial charge in [0.2, 0.25) is 0 Å². The van der Waals surface area contributed by atoms with Crippen molar-refractivity contribution in [3.63, 3.8) is 0 Å². The number of morpholine rings is 1. The van der Waals surface area contributed by atoms with E-state index in [4.69, 9.17) is 9.47 Å². The van der Waals surface area contributed by atoms with E-state index < -0.39 is 6.10 Å². The molecule has 0 radical (unpaired) electrons. The van der Waals surface area contributed by atoms with Crippen LogP contribution >= 0.6 is 0 Å². The number of nitrogens with zero attached hydrogens (tertiary/aromatic N) is 1. The highest BCUT2D eigenvalue weighted by atomic mass is 16.5. The number of benzene rings is 1. The molecule has 1 atom stereocenters. The van der Waals surface area contributed by atoms with Gasteiger partial charge in [0.25, 0.3) is 5.91 Å². The Morgan fingerprint density at radius 2 is 2.05 bits per heavy atom. The number of carbonyl (C=O) groups is 1. The Morgan fingerprint density at radius 3 is 2.70 bits per heavy atom. The normalized spacial score (nSPS) is 16.9. The number of carbonyl (C=O) groups excluding carboxylic acids is 1. The molecule has 0 N–H and O–H groups in total. The van der Waals surface area contributed by atoms with E-state index in [1.165, 1.54) is 0 Å². The van der Waals surface area contributed by atoms with Crippen molar-refractivity contribution in [3.05, 3.63) is 29.3 Å². The van der Waals surface area contributed by atoms with Crippen LogP contribution in [0.3, 0.4) is 0 Å². The number of rotatable bonds is 4. The maximum absolute atomic E-state index is 12.5. The molecule has 0 aromatic heterocycles. The lowest BCUT2D eigenvalue weighted by molar-refractivity contribution is -0.143. The van der Waals surface area contributed by atoms with Crippen molar-refractivity contribution in [2.45, 2.75) is 33.3 Å². The summed E-state index contributed by atoms with van der Waals surface area (Å²) in [6.07, 6.45) is 0.262. The van der Waals surface area contributed by atoms with Crippen molar-refractivity contribution in [2.24, 2.45) is 0 Å². The van der Waals surface area contributed by atoms with Crippen LogP contribution in [-0.2, 0) is 9.53 Å². The Labute approximate surface area is 120 Å². The van der Waals surface area contributed by atoms with Crippen molar-refractivity contribution in [3.8, 4) is 5.75 Å². The maximum atomic E-state index is 12.5. The third-order valence-corrected chi connectivity index (χ3v) is 3.58. The van der Waals surface area contributed by atoms with Gasteiger partial charge in [-0.05, 0) is 37.5 Å². The molecule has 1 aliphatic rings. The lowest BCUT2D eigenvalue weighted by atomic mass is 10.1. The van der Waals surface area contributed by atoms with Crippen LogP contribution in [0.25, 0.3) is 0 Å². The molecule has 0 unspecified atom stereocenters. The van der Waals surface area contributed by atoms with Crippen molar-refractivity contribution in [1.82, 2.24) is 4.90 Å². The van der Waals surface area contributed by atoms with E-state index in [1.807, 2.05) is 43.9 Å². The first-order valence-corrected chi connectivity index (χ1v) is 7.22. The summed E-state index contributed by atoms with van der Waals surface area (Å²) in [6.45, 7) is 8.56. The lowest BCUT2D eigenvalue weighted by Crippen LogP contribution is -2.47. The lowest BCUT2D eigenvalue weighted by Gasteiger charge is -2.30. The number of hydrogen-bond donors (Lipinski definition) is 0. The third kappa shape index (κ3) is 3.51. The fraction of sp³-hybridized carbons (Fsp3) is 0.562. The largest absolute Gasteiger partial charge is 0.480 e. The zero-order valence-electron chi connectivity index (χ0n) is 12.5. The average Bonchev–Trinajstić information content (AvgIpc) is 2.48. The summed E-state index contributed by atoms with van der Waals surface area (Å²) >= 11 is 0. The quantitative estimate of drug-likeness (QED) is 0.848. The zero-order chi connectivity index (χ0) is 14.5. The van der Waals surface area contributed by atoms with Gasteiger partial charge in [-0.1, -0.05) is 19.1 Å². The Bertz CT molecular complexity index is 467. The molecule has 1 aliphatic heterocycles. The van der Waals surface area contributed by atoms with Crippen molar-refractivity contribution in [2.75, 3.05) is 26.3 Å². The van der Waals surface area contributed by atoms with Crippen LogP contribution in [0, 0.1) is 13.8 Å². The molecule has 1 fully saturated rings. The smallest absolute Gasteiger partial charge is 0.263 e. The second kappa shape index (κ2) is 6.75. The first-order valence-electron chi connectivity index (χ1n) is 7.22. The molecule has 4 heteroatoms. The second-order valence-corrected chi connectivity index (χ2v) is 5.22. The first-order chi connectivity index (χ1) is 9.61. The molecule has 20 heavy (non-hydrogen) atoms. The van der Waals surface area contributed by atoms with E-state index >= 15 is 0 Å². The van der Waals surface area contributed by atoms with Gasteiger partial charge in [0.15, 0.2) is 6.10 Å². The third-order valence-electron chi connectivity index (χ3n) is 3.58. The summed E-state index contributed by atoms with van der Waals surface area (Å²) < 4.78 is 11.2. The van der Waals surface area contributed by atoms with Gasteiger partial charge in [0, 0.05) is 13.1 Å². The summed E-state index contributed by atoms with van der Waals surface area (Å²) in [5.74, 6) is 0.871. The summed E-state index contributed by atoms with van der Waals surface area (Å²) in [5.41, 5.74) is 2.20. The minimum Gasteiger partial charge on any atom is -0.480 e. The van der Waals surface area contributed by atoms with Crippen LogP contribution < -0.4 is 4.74 Å². The van der Waals surface area contributed by atoms with Gasteiger partial charge in [0.1, 0.15) is 5.75 Å². The highest BCUT2D eigenvalue weighted by molar-refractivity contribution is 5.81. The molecule has 1 aromatic carbocycles. The van der Waals surface area contributed by atoms with Gasteiger partial charge in [-0.15, -0.1) is 0 Å². The van der Waals surface area contributed by atoms with Crippen LogP contribution in [0.4, 0.5) is 0 Å². The summed E-state index contributed by atoms with van der Waals surface area (Å²) in [7, 11) is 0. The highest BCUT2D eigenvalue weighted by Crippen LogP contribution is 2.22. The van der Waals surface area contributed by atoms with Crippen molar-refractivity contribution in [1.29, 1.82) is 0 Å². The first kappa shape index (κ1) is 14.9. The van der Waals surface area contributed by atoms with Crippen LogP contribution in [0.15, 0.2) is 18.2 Å². The van der Waals surface area contributed by atoms with E-state index in [1.54, 1.807) is 0 Å². The molecule has 0 bridgehead atoms. The topological polar surface area (TPSA) is 38.8 Å². The van der Waals surface area contributed by atoms with Crippen molar-refractivity contribution < 1.29 is 14.3 Å². The predicted molar refractivity (Wildman–Crippen MR) is 78.0 cm³/mol. The molecule has 1 heterocycles. The Morgan fingerprint density at radius 1 is 1.35 bits per heavy atom. The van der Waals surface area contributed by atoms with E-state index in [0.29, 0.717) is 32.7 Å². The SMILES string of the molecule is CC[C@@H](Oc1cc(C)ccc1C)C(=O)N1CCOCC1. The van der Waals surface area contributed by atoms with Gasteiger partial charge >= 0.3 is 0 Å². The fourth-order valence-corrected chi connectivity index (χ4v) is 2.28. The molecule has 0 spiro atoms. The molecule has 0 saturated carbocycles.